The summed E-state index contributed by atoms with van der Waals surface area (Å²) in [6.45, 7) is 5.25. The molecule has 0 amide bonds. The summed E-state index contributed by atoms with van der Waals surface area (Å²) in [6, 6.07) is 12.4. The molecule has 0 saturated carbocycles. The fraction of sp³-hybridized carbons (Fsp3) is 0.360. The third kappa shape index (κ3) is 6.01. The molecule has 9 nitrogen and oxygen atoms in total. The number of ether oxygens (including phenoxy) is 2. The lowest BCUT2D eigenvalue weighted by Crippen LogP contribution is -2.21. The molecule has 2 heterocycles. The predicted octanol–water partition coefficient (Wildman–Crippen LogP) is 4.84. The largest absolute Gasteiger partial charge is 0.494 e. The molecule has 1 aliphatic rings. The van der Waals surface area contributed by atoms with Crippen molar-refractivity contribution in [3.8, 4) is 11.5 Å². The molecule has 0 spiro atoms. The highest BCUT2D eigenvalue weighted by atomic mass is 127. The van der Waals surface area contributed by atoms with E-state index in [4.69, 9.17) is 9.47 Å². The Labute approximate surface area is 225 Å². The van der Waals surface area contributed by atoms with Crippen LogP contribution in [0.5, 0.6) is 11.5 Å². The third-order valence-electron chi connectivity index (χ3n) is 5.88. The molecular weight excluding hydrogens is 593 g/mol. The number of sulfone groups is 1. The van der Waals surface area contributed by atoms with E-state index in [0.29, 0.717) is 28.9 Å². The second kappa shape index (κ2) is 11.2. The zero-order valence-corrected chi connectivity index (χ0v) is 23.6. The van der Waals surface area contributed by atoms with Gasteiger partial charge in [-0.05, 0) is 74.2 Å². The number of anilines is 4. The van der Waals surface area contributed by atoms with Gasteiger partial charge in [0.2, 0.25) is 5.95 Å². The summed E-state index contributed by atoms with van der Waals surface area (Å²) in [5.41, 5.74) is 1.15. The summed E-state index contributed by atoms with van der Waals surface area (Å²) in [7, 11) is 0.206. The molecule has 11 heteroatoms. The molecule has 0 aliphatic carbocycles. The smallest absolute Gasteiger partial charge is 0.229 e. The first kappa shape index (κ1) is 26.4. The number of aromatic nitrogens is 2. The topological polar surface area (TPSA) is 106 Å². The number of likely N-dealkylation sites (N-methyl/N-ethyl adjacent to an activating group) is 1. The SMILES string of the molecule is COc1cc(O[C@H]2CCN(C)C2)ccc1Nc1ncc(I)c(Nc2ccccc2S(=O)(=O)C(C)C)n1. The Morgan fingerprint density at radius 1 is 1.14 bits per heavy atom. The van der Waals surface area contributed by atoms with E-state index in [-0.39, 0.29) is 11.0 Å². The van der Waals surface area contributed by atoms with Gasteiger partial charge in [0.25, 0.3) is 0 Å². The fourth-order valence-electron chi connectivity index (χ4n) is 3.87. The maximum absolute atomic E-state index is 12.8. The number of halogens is 1. The predicted molar refractivity (Wildman–Crippen MR) is 150 cm³/mol. The van der Waals surface area contributed by atoms with Crippen LogP contribution in [0.15, 0.2) is 53.6 Å². The summed E-state index contributed by atoms with van der Waals surface area (Å²) in [4.78, 5) is 11.5. The second-order valence-electron chi connectivity index (χ2n) is 8.88. The molecule has 1 aromatic heterocycles. The minimum atomic E-state index is -3.48. The van der Waals surface area contributed by atoms with Crippen LogP contribution in [0.1, 0.15) is 20.3 Å². The number of rotatable bonds is 9. The van der Waals surface area contributed by atoms with Gasteiger partial charge in [0, 0.05) is 25.4 Å². The molecule has 0 unspecified atom stereocenters. The van der Waals surface area contributed by atoms with Crippen LogP contribution in [-0.2, 0) is 9.84 Å². The lowest BCUT2D eigenvalue weighted by molar-refractivity contribution is 0.207. The first-order chi connectivity index (χ1) is 17.2. The number of hydrogen-bond acceptors (Lipinski definition) is 9. The minimum Gasteiger partial charge on any atom is -0.494 e. The minimum absolute atomic E-state index is 0.161. The highest BCUT2D eigenvalue weighted by Crippen LogP contribution is 2.33. The zero-order chi connectivity index (χ0) is 25.9. The quantitative estimate of drug-likeness (QED) is 0.324. The van der Waals surface area contributed by atoms with Crippen molar-refractivity contribution in [2.75, 3.05) is 37.9 Å². The van der Waals surface area contributed by atoms with Crippen molar-refractivity contribution in [3.63, 3.8) is 0 Å². The maximum Gasteiger partial charge on any atom is 0.229 e. The molecule has 0 radical (unpaired) electrons. The maximum atomic E-state index is 12.8. The van der Waals surface area contributed by atoms with E-state index >= 15 is 0 Å². The van der Waals surface area contributed by atoms with Crippen molar-refractivity contribution >= 4 is 55.6 Å². The van der Waals surface area contributed by atoms with Crippen LogP contribution in [0.25, 0.3) is 0 Å². The van der Waals surface area contributed by atoms with Gasteiger partial charge in [-0.25, -0.2) is 13.4 Å². The van der Waals surface area contributed by atoms with Crippen LogP contribution in [0.3, 0.4) is 0 Å². The van der Waals surface area contributed by atoms with Crippen LogP contribution in [0.4, 0.5) is 23.1 Å². The van der Waals surface area contributed by atoms with E-state index in [9.17, 15) is 8.42 Å². The van der Waals surface area contributed by atoms with Crippen molar-refractivity contribution < 1.29 is 17.9 Å². The van der Waals surface area contributed by atoms with Crippen molar-refractivity contribution in [1.82, 2.24) is 14.9 Å². The normalized spacial score (nSPS) is 16.2. The Morgan fingerprint density at radius 3 is 2.61 bits per heavy atom. The molecule has 192 valence electrons. The van der Waals surface area contributed by atoms with E-state index in [1.54, 1.807) is 51.4 Å². The average Bonchev–Trinajstić information content (AvgIpc) is 3.26. The lowest BCUT2D eigenvalue weighted by Gasteiger charge is -2.17. The highest BCUT2D eigenvalue weighted by molar-refractivity contribution is 14.1. The Hall–Kier alpha value is -2.64. The molecule has 1 atom stereocenters. The fourth-order valence-corrected chi connectivity index (χ4v) is 5.46. The Kier molecular flexibility index (Phi) is 8.20. The Balaban J connectivity index is 1.56. The lowest BCUT2D eigenvalue weighted by atomic mass is 10.2. The number of benzene rings is 2. The van der Waals surface area contributed by atoms with Crippen LogP contribution < -0.4 is 20.1 Å². The third-order valence-corrected chi connectivity index (χ3v) is 8.88. The van der Waals surface area contributed by atoms with E-state index in [0.717, 1.165) is 28.8 Å². The van der Waals surface area contributed by atoms with E-state index in [1.165, 1.54) is 0 Å². The van der Waals surface area contributed by atoms with Gasteiger partial charge in [-0.15, -0.1) is 0 Å². The number of methoxy groups -OCH3 is 1. The van der Waals surface area contributed by atoms with Gasteiger partial charge in [-0.2, -0.15) is 4.98 Å². The Bertz CT molecular complexity index is 1340. The molecular formula is C25H30IN5O4S. The first-order valence-electron chi connectivity index (χ1n) is 11.6. The number of nitrogens with one attached hydrogen (secondary N) is 2. The monoisotopic (exact) mass is 623 g/mol. The summed E-state index contributed by atoms with van der Waals surface area (Å²) in [5.74, 6) is 2.17. The number of hydrogen-bond donors (Lipinski definition) is 2. The van der Waals surface area contributed by atoms with Crippen molar-refractivity contribution in [2.45, 2.75) is 36.5 Å². The van der Waals surface area contributed by atoms with Gasteiger partial charge < -0.3 is 25.0 Å². The molecule has 1 aliphatic heterocycles. The summed E-state index contributed by atoms with van der Waals surface area (Å²) in [5, 5.41) is 5.83. The van der Waals surface area contributed by atoms with Gasteiger partial charge in [0.05, 0.1) is 32.2 Å². The number of likely N-dealkylation sites (tertiary alicyclic amines) is 1. The molecule has 0 bridgehead atoms. The zero-order valence-electron chi connectivity index (χ0n) is 20.7. The number of para-hydroxylation sites is 1. The molecule has 3 aromatic rings. The van der Waals surface area contributed by atoms with Crippen LogP contribution in [0.2, 0.25) is 0 Å². The van der Waals surface area contributed by atoms with Gasteiger partial charge in [-0.3, -0.25) is 0 Å². The molecule has 2 aromatic carbocycles. The van der Waals surface area contributed by atoms with Crippen LogP contribution in [0, 0.1) is 3.57 Å². The van der Waals surface area contributed by atoms with Crippen molar-refractivity contribution in [3.05, 3.63) is 52.2 Å². The first-order valence-corrected chi connectivity index (χ1v) is 14.2. The second-order valence-corrected chi connectivity index (χ2v) is 12.5. The summed E-state index contributed by atoms with van der Waals surface area (Å²) in [6.07, 6.45) is 2.82. The highest BCUT2D eigenvalue weighted by Gasteiger charge is 2.23. The summed E-state index contributed by atoms with van der Waals surface area (Å²) >= 11 is 2.11. The van der Waals surface area contributed by atoms with Gasteiger partial charge in [-0.1, -0.05) is 12.1 Å². The average molecular weight is 624 g/mol. The molecule has 2 N–H and O–H groups in total. The summed E-state index contributed by atoms with van der Waals surface area (Å²) < 4.78 is 38.1. The van der Waals surface area contributed by atoms with Gasteiger partial charge >= 0.3 is 0 Å². The molecule has 1 fully saturated rings. The standard InChI is InChI=1S/C25H30IN5O4S/c1-16(2)36(32,33)23-8-6-5-7-21(23)28-24-19(26)14-27-25(30-24)29-20-10-9-17(13-22(20)34-4)35-18-11-12-31(3)15-18/h5-10,13-14,16,18H,11-12,15H2,1-4H3,(H2,27,28,29,30)/t18-/m0/s1. The van der Waals surface area contributed by atoms with E-state index < -0.39 is 15.1 Å². The number of nitrogens with zero attached hydrogens (tertiary/aromatic N) is 3. The van der Waals surface area contributed by atoms with Crippen molar-refractivity contribution in [2.24, 2.45) is 0 Å². The van der Waals surface area contributed by atoms with Crippen molar-refractivity contribution in [1.29, 1.82) is 0 Å². The van der Waals surface area contributed by atoms with E-state index in [1.807, 2.05) is 18.2 Å². The van der Waals surface area contributed by atoms with Crippen LogP contribution in [-0.4, -0.2) is 61.9 Å². The molecule has 1 saturated heterocycles. The van der Waals surface area contributed by atoms with E-state index in [2.05, 4.69) is 55.1 Å². The molecule has 4 rings (SSSR count). The molecule has 36 heavy (non-hydrogen) atoms. The van der Waals surface area contributed by atoms with Gasteiger partial charge in [0.1, 0.15) is 23.4 Å². The van der Waals surface area contributed by atoms with Crippen LogP contribution >= 0.6 is 22.6 Å². The Morgan fingerprint density at radius 2 is 1.92 bits per heavy atom. The van der Waals surface area contributed by atoms with Gasteiger partial charge in [0.15, 0.2) is 9.84 Å².